The fourth-order valence-corrected chi connectivity index (χ4v) is 6.13. The molecule has 41 heavy (non-hydrogen) atoms. The first-order valence-electron chi connectivity index (χ1n) is 14.2. The molecule has 0 spiro atoms. The van der Waals surface area contributed by atoms with Gasteiger partial charge in [-0.15, -0.1) is 0 Å². The standard InChI is InChI=1S/C35H33NO5/c37-33(38)15-7-8-20-40-25-18-19-27-24(21-25)17-16-23-9-1-2-10-26(23)34(27)36-35(39)41-22-32-30-13-5-3-11-28(30)29-12-4-6-14-31(29)32/h1-6,9-14,18-19,21,32,34H,7-8,15-17,20,22H2,(H,36,39)(H,37,38). The number of carboxylic acids is 1. The number of unbranched alkanes of at least 4 members (excludes halogenated alkanes) is 1. The van der Waals surface area contributed by atoms with Crippen molar-refractivity contribution in [3.8, 4) is 16.9 Å². The minimum absolute atomic E-state index is 0.00272. The van der Waals surface area contributed by atoms with Gasteiger partial charge in [-0.1, -0.05) is 78.9 Å². The van der Waals surface area contributed by atoms with E-state index in [-0.39, 0.29) is 25.0 Å². The Labute approximate surface area is 239 Å². The van der Waals surface area contributed by atoms with Crippen molar-refractivity contribution in [1.82, 2.24) is 5.32 Å². The molecular weight excluding hydrogens is 514 g/mol. The van der Waals surface area contributed by atoms with Crippen LogP contribution >= 0.6 is 0 Å². The van der Waals surface area contributed by atoms with Crippen LogP contribution in [0.3, 0.4) is 0 Å². The zero-order valence-electron chi connectivity index (χ0n) is 22.8. The summed E-state index contributed by atoms with van der Waals surface area (Å²) in [5, 5.41) is 12.0. The number of rotatable bonds is 9. The summed E-state index contributed by atoms with van der Waals surface area (Å²) in [7, 11) is 0. The average molecular weight is 548 g/mol. The van der Waals surface area contributed by atoms with Crippen LogP contribution in [-0.4, -0.2) is 30.4 Å². The number of aryl methyl sites for hydroxylation is 2. The normalized spacial score (nSPS) is 15.1. The minimum atomic E-state index is -0.787. The lowest BCUT2D eigenvalue weighted by Crippen LogP contribution is -2.31. The van der Waals surface area contributed by atoms with Crippen molar-refractivity contribution >= 4 is 12.1 Å². The molecule has 4 aromatic rings. The molecule has 0 fully saturated rings. The fraction of sp³-hybridized carbons (Fsp3) is 0.257. The van der Waals surface area contributed by atoms with E-state index in [4.69, 9.17) is 14.6 Å². The Balaban J connectivity index is 1.18. The Kier molecular flexibility index (Phi) is 7.72. The summed E-state index contributed by atoms with van der Waals surface area (Å²) in [5.74, 6) is -0.0356. The van der Waals surface area contributed by atoms with Crippen molar-refractivity contribution in [3.63, 3.8) is 0 Å². The highest BCUT2D eigenvalue weighted by Crippen LogP contribution is 2.44. The molecule has 2 aliphatic rings. The van der Waals surface area contributed by atoms with Gasteiger partial charge in [-0.25, -0.2) is 4.79 Å². The van der Waals surface area contributed by atoms with Crippen LogP contribution in [0.2, 0.25) is 0 Å². The second-order valence-electron chi connectivity index (χ2n) is 10.7. The van der Waals surface area contributed by atoms with Gasteiger partial charge in [-0.3, -0.25) is 4.79 Å². The van der Waals surface area contributed by atoms with Crippen molar-refractivity contribution in [1.29, 1.82) is 0 Å². The summed E-state index contributed by atoms with van der Waals surface area (Å²) in [6.07, 6.45) is 2.65. The Morgan fingerprint density at radius 2 is 1.39 bits per heavy atom. The van der Waals surface area contributed by atoms with Crippen molar-refractivity contribution in [2.75, 3.05) is 13.2 Å². The van der Waals surface area contributed by atoms with E-state index in [1.54, 1.807) is 0 Å². The van der Waals surface area contributed by atoms with E-state index in [9.17, 15) is 9.59 Å². The second kappa shape index (κ2) is 11.9. The van der Waals surface area contributed by atoms with Crippen molar-refractivity contribution < 1.29 is 24.2 Å². The SMILES string of the molecule is O=C(O)CCCCOc1ccc2c(c1)CCc1ccccc1C2NC(=O)OCC1c2ccccc2-c2ccccc21. The van der Waals surface area contributed by atoms with Crippen LogP contribution in [0.25, 0.3) is 11.1 Å². The predicted octanol–water partition coefficient (Wildman–Crippen LogP) is 7.05. The maximum atomic E-state index is 13.3. The maximum Gasteiger partial charge on any atom is 0.407 e. The van der Waals surface area contributed by atoms with Gasteiger partial charge in [0, 0.05) is 12.3 Å². The van der Waals surface area contributed by atoms with E-state index in [1.807, 2.05) is 54.6 Å². The molecule has 0 saturated carbocycles. The molecule has 1 atom stereocenters. The van der Waals surface area contributed by atoms with Crippen molar-refractivity contribution in [3.05, 3.63) is 124 Å². The molecule has 6 heteroatoms. The lowest BCUT2D eigenvalue weighted by atomic mass is 9.94. The number of fused-ring (bicyclic) bond motifs is 5. The number of benzene rings is 4. The van der Waals surface area contributed by atoms with Gasteiger partial charge in [-0.05, 0) is 82.3 Å². The van der Waals surface area contributed by atoms with Crippen LogP contribution < -0.4 is 10.1 Å². The molecule has 2 N–H and O–H groups in total. The summed E-state index contributed by atoms with van der Waals surface area (Å²) in [5.41, 5.74) is 9.18. The highest BCUT2D eigenvalue weighted by Gasteiger charge is 2.30. The smallest absolute Gasteiger partial charge is 0.407 e. The molecular formula is C35H33NO5. The number of carbonyl (C=O) groups is 2. The number of carbonyl (C=O) groups excluding carboxylic acids is 1. The van der Waals surface area contributed by atoms with Crippen LogP contribution in [0.5, 0.6) is 5.75 Å². The third-order valence-corrected chi connectivity index (χ3v) is 8.11. The number of alkyl carbamates (subject to hydrolysis) is 1. The summed E-state index contributed by atoms with van der Waals surface area (Å²) in [6, 6.07) is 30.5. The topological polar surface area (TPSA) is 84.9 Å². The van der Waals surface area contributed by atoms with Gasteiger partial charge in [0.1, 0.15) is 12.4 Å². The molecule has 4 aromatic carbocycles. The highest BCUT2D eigenvalue weighted by molar-refractivity contribution is 5.79. The number of ether oxygens (including phenoxy) is 2. The third-order valence-electron chi connectivity index (χ3n) is 8.11. The average Bonchev–Trinajstić information content (AvgIpc) is 3.22. The van der Waals surface area contributed by atoms with E-state index in [2.05, 4.69) is 41.7 Å². The van der Waals surface area contributed by atoms with Crippen molar-refractivity contribution in [2.24, 2.45) is 0 Å². The van der Waals surface area contributed by atoms with E-state index >= 15 is 0 Å². The summed E-state index contributed by atoms with van der Waals surface area (Å²) >= 11 is 0. The molecule has 0 aliphatic heterocycles. The van der Waals surface area contributed by atoms with Gasteiger partial charge in [0.2, 0.25) is 0 Å². The van der Waals surface area contributed by atoms with Crippen LogP contribution in [0.15, 0.2) is 91.0 Å². The Morgan fingerprint density at radius 3 is 2.12 bits per heavy atom. The number of aliphatic carboxylic acids is 1. The van der Waals surface area contributed by atoms with Gasteiger partial charge in [0.25, 0.3) is 0 Å². The summed E-state index contributed by atoms with van der Waals surface area (Å²) < 4.78 is 11.8. The number of carboxylic acid groups (broad SMARTS) is 1. The molecule has 0 aromatic heterocycles. The van der Waals surface area contributed by atoms with Gasteiger partial charge < -0.3 is 19.9 Å². The second-order valence-corrected chi connectivity index (χ2v) is 10.7. The molecule has 0 radical (unpaired) electrons. The number of amides is 1. The fourth-order valence-electron chi connectivity index (χ4n) is 6.13. The lowest BCUT2D eigenvalue weighted by molar-refractivity contribution is -0.137. The maximum absolute atomic E-state index is 13.3. The number of nitrogens with one attached hydrogen (secondary N) is 1. The zero-order chi connectivity index (χ0) is 28.2. The molecule has 208 valence electrons. The van der Waals surface area contributed by atoms with Crippen LogP contribution in [0.4, 0.5) is 4.79 Å². The molecule has 1 amide bonds. The Morgan fingerprint density at radius 1 is 0.756 bits per heavy atom. The van der Waals surface area contributed by atoms with E-state index in [0.717, 1.165) is 35.3 Å². The number of hydrogen-bond donors (Lipinski definition) is 2. The first-order chi connectivity index (χ1) is 20.1. The largest absolute Gasteiger partial charge is 0.494 e. The van der Waals surface area contributed by atoms with Crippen LogP contribution in [0, 0.1) is 0 Å². The zero-order valence-corrected chi connectivity index (χ0v) is 22.8. The van der Waals surface area contributed by atoms with E-state index in [0.29, 0.717) is 19.4 Å². The quantitative estimate of drug-likeness (QED) is 0.219. The predicted molar refractivity (Wildman–Crippen MR) is 157 cm³/mol. The molecule has 6 rings (SSSR count). The van der Waals surface area contributed by atoms with E-state index < -0.39 is 12.1 Å². The van der Waals surface area contributed by atoms with Crippen molar-refractivity contribution in [2.45, 2.75) is 44.1 Å². The first-order valence-corrected chi connectivity index (χ1v) is 14.2. The van der Waals surface area contributed by atoms with Gasteiger partial charge in [-0.2, -0.15) is 0 Å². The van der Waals surface area contributed by atoms with Gasteiger partial charge in [0.15, 0.2) is 0 Å². The van der Waals surface area contributed by atoms with Crippen LogP contribution in [-0.2, 0) is 22.4 Å². The summed E-state index contributed by atoms with van der Waals surface area (Å²) in [4.78, 5) is 24.1. The molecule has 0 saturated heterocycles. The number of hydrogen-bond acceptors (Lipinski definition) is 4. The lowest BCUT2D eigenvalue weighted by Gasteiger charge is -2.23. The third kappa shape index (κ3) is 5.68. The first kappa shape index (κ1) is 26.6. The molecule has 0 heterocycles. The van der Waals surface area contributed by atoms with Crippen LogP contribution in [0.1, 0.15) is 64.6 Å². The molecule has 0 bridgehead atoms. The molecule has 1 unspecified atom stereocenters. The molecule has 6 nitrogen and oxygen atoms in total. The van der Waals surface area contributed by atoms with Gasteiger partial charge >= 0.3 is 12.1 Å². The highest BCUT2D eigenvalue weighted by atomic mass is 16.5. The van der Waals surface area contributed by atoms with Gasteiger partial charge in [0.05, 0.1) is 12.6 Å². The monoisotopic (exact) mass is 547 g/mol. The Hall–Kier alpha value is -4.58. The Bertz CT molecular complexity index is 1530. The molecule has 2 aliphatic carbocycles. The minimum Gasteiger partial charge on any atom is -0.494 e. The van der Waals surface area contributed by atoms with E-state index in [1.165, 1.54) is 27.8 Å². The summed E-state index contributed by atoms with van der Waals surface area (Å²) in [6.45, 7) is 0.726.